The molecule has 2 unspecified atom stereocenters. The van der Waals surface area contributed by atoms with Crippen molar-refractivity contribution in [3.8, 4) is 17.1 Å². The lowest BCUT2D eigenvalue weighted by molar-refractivity contribution is -0.105. The Bertz CT molecular complexity index is 1180. The number of hydrogen-bond donors (Lipinski definition) is 2. The highest BCUT2D eigenvalue weighted by Crippen LogP contribution is 2.38. The minimum absolute atomic E-state index is 0.0319. The van der Waals surface area contributed by atoms with E-state index in [1.54, 1.807) is 18.2 Å². The van der Waals surface area contributed by atoms with Crippen molar-refractivity contribution >= 4 is 35.5 Å². The van der Waals surface area contributed by atoms with E-state index >= 15 is 0 Å². The standard InChI is InChI=1S/C16H18N4.C10H14N2O3S/c1-11-9-12(5-7-17-11)14-3-4-15-16(18-14)19(2)13-6-8-20(15)10-13;1-16-8(5-13)6-15-10-4-2-3-9(12-10)11-7-14/h3-5,7,9,13H,6,8,10H2,1-2H3;2-4,7-8,13H,5-6H2,1H3,(H,11,12,14). The number of hydrogen-bond acceptors (Lipinski definition) is 9. The van der Waals surface area contributed by atoms with Crippen LogP contribution in [-0.4, -0.2) is 77.4 Å². The predicted octanol–water partition coefficient (Wildman–Crippen LogP) is 3.23. The maximum atomic E-state index is 10.2. The van der Waals surface area contributed by atoms with E-state index in [4.69, 9.17) is 14.8 Å². The molecule has 2 bridgehead atoms. The molecule has 0 aliphatic carbocycles. The highest BCUT2D eigenvalue weighted by Gasteiger charge is 2.34. The summed E-state index contributed by atoms with van der Waals surface area (Å²) >= 11 is 1.53. The Morgan fingerprint density at radius 3 is 2.89 bits per heavy atom. The molecule has 10 heteroatoms. The fraction of sp³-hybridized carbons (Fsp3) is 0.385. The number of carbonyl (C=O) groups is 1. The van der Waals surface area contributed by atoms with Gasteiger partial charge in [-0.15, -0.1) is 0 Å². The van der Waals surface area contributed by atoms with Crippen LogP contribution >= 0.6 is 11.8 Å². The van der Waals surface area contributed by atoms with Gasteiger partial charge in [0.2, 0.25) is 12.3 Å². The maximum Gasteiger partial charge on any atom is 0.215 e. The fourth-order valence-electron chi connectivity index (χ4n) is 4.27. The van der Waals surface area contributed by atoms with E-state index in [0.29, 0.717) is 30.8 Å². The van der Waals surface area contributed by atoms with Crippen LogP contribution in [0.2, 0.25) is 0 Å². The van der Waals surface area contributed by atoms with E-state index in [-0.39, 0.29) is 11.9 Å². The minimum atomic E-state index is 0.0319. The second kappa shape index (κ2) is 12.0. The molecule has 1 saturated heterocycles. The summed E-state index contributed by atoms with van der Waals surface area (Å²) < 4.78 is 5.39. The van der Waals surface area contributed by atoms with Crippen LogP contribution in [0.5, 0.6) is 5.88 Å². The molecule has 2 N–H and O–H groups in total. The summed E-state index contributed by atoms with van der Waals surface area (Å²) in [5.41, 5.74) is 4.47. The number of anilines is 3. The van der Waals surface area contributed by atoms with Crippen molar-refractivity contribution in [1.29, 1.82) is 0 Å². The Morgan fingerprint density at radius 2 is 2.14 bits per heavy atom. The molecule has 3 aromatic heterocycles. The van der Waals surface area contributed by atoms with E-state index in [1.165, 1.54) is 23.9 Å². The van der Waals surface area contributed by atoms with Crippen LogP contribution in [0.3, 0.4) is 0 Å². The van der Waals surface area contributed by atoms with Gasteiger partial charge in [0.05, 0.1) is 23.2 Å². The molecule has 190 valence electrons. The summed E-state index contributed by atoms with van der Waals surface area (Å²) in [5.74, 6) is 1.99. The number of carbonyl (C=O) groups excluding carboxylic acids is 1. The number of nitrogens with one attached hydrogen (secondary N) is 1. The molecule has 2 atom stereocenters. The van der Waals surface area contributed by atoms with Crippen LogP contribution in [0.1, 0.15) is 12.1 Å². The fourth-order valence-corrected chi connectivity index (χ4v) is 4.63. The lowest BCUT2D eigenvalue weighted by atomic mass is 10.1. The van der Waals surface area contributed by atoms with Gasteiger partial charge in [0.25, 0.3) is 0 Å². The first kappa shape index (κ1) is 25.7. The molecule has 0 spiro atoms. The summed E-state index contributed by atoms with van der Waals surface area (Å²) in [6.45, 7) is 4.75. The van der Waals surface area contributed by atoms with Gasteiger partial charge in [-0.2, -0.15) is 16.7 Å². The number of aromatic nitrogens is 3. The number of aliphatic hydroxyl groups excluding tert-OH is 1. The zero-order valence-corrected chi connectivity index (χ0v) is 21.6. The average Bonchev–Trinajstić information content (AvgIpc) is 3.35. The molecule has 0 radical (unpaired) electrons. The van der Waals surface area contributed by atoms with Crippen molar-refractivity contribution in [3.63, 3.8) is 0 Å². The molecule has 0 aromatic carbocycles. The number of rotatable bonds is 8. The van der Waals surface area contributed by atoms with Crippen LogP contribution in [0, 0.1) is 6.92 Å². The molecular weight excluding hydrogens is 476 g/mol. The summed E-state index contributed by atoms with van der Waals surface area (Å²) in [4.78, 5) is 28.2. The minimum Gasteiger partial charge on any atom is -0.476 e. The molecule has 1 amide bonds. The van der Waals surface area contributed by atoms with E-state index in [2.05, 4.69) is 50.3 Å². The number of thioether (sulfide) groups is 1. The molecule has 36 heavy (non-hydrogen) atoms. The highest BCUT2D eigenvalue weighted by atomic mass is 32.2. The third kappa shape index (κ3) is 6.06. The van der Waals surface area contributed by atoms with Gasteiger partial charge in [-0.25, -0.2) is 4.98 Å². The molecule has 1 fully saturated rings. The van der Waals surface area contributed by atoms with Gasteiger partial charge in [-0.3, -0.25) is 9.78 Å². The topological polar surface area (TPSA) is 104 Å². The van der Waals surface area contributed by atoms with Crippen LogP contribution < -0.4 is 19.9 Å². The van der Waals surface area contributed by atoms with Gasteiger partial charge >= 0.3 is 0 Å². The second-order valence-electron chi connectivity index (χ2n) is 8.70. The van der Waals surface area contributed by atoms with Gasteiger partial charge < -0.3 is 25.0 Å². The third-order valence-electron chi connectivity index (χ3n) is 6.32. The van der Waals surface area contributed by atoms with Gasteiger partial charge in [0, 0.05) is 49.7 Å². The van der Waals surface area contributed by atoms with Gasteiger partial charge in [-0.05, 0) is 49.9 Å². The summed E-state index contributed by atoms with van der Waals surface area (Å²) in [7, 11) is 2.17. The van der Waals surface area contributed by atoms with E-state index in [1.807, 2.05) is 25.4 Å². The molecule has 5 heterocycles. The number of ether oxygens (including phenoxy) is 1. The number of pyridine rings is 3. The number of likely N-dealkylation sites (N-methyl/N-ethyl adjacent to an activating group) is 1. The van der Waals surface area contributed by atoms with Crippen LogP contribution in [0.4, 0.5) is 17.3 Å². The van der Waals surface area contributed by atoms with Crippen molar-refractivity contribution in [2.45, 2.75) is 24.6 Å². The lowest BCUT2D eigenvalue weighted by Crippen LogP contribution is -2.40. The summed E-state index contributed by atoms with van der Waals surface area (Å²) in [6.07, 6.45) is 5.55. The Morgan fingerprint density at radius 1 is 1.28 bits per heavy atom. The van der Waals surface area contributed by atoms with Gasteiger partial charge in [0.15, 0.2) is 5.82 Å². The van der Waals surface area contributed by atoms with Crippen LogP contribution in [-0.2, 0) is 4.79 Å². The average molecular weight is 509 g/mol. The quantitative estimate of drug-likeness (QED) is 0.444. The molecule has 2 aliphatic heterocycles. The van der Waals surface area contributed by atoms with E-state index < -0.39 is 0 Å². The first-order chi connectivity index (χ1) is 17.5. The molecule has 0 saturated carbocycles. The highest BCUT2D eigenvalue weighted by molar-refractivity contribution is 7.99. The third-order valence-corrected chi connectivity index (χ3v) is 7.27. The molecule has 9 nitrogen and oxygen atoms in total. The number of amides is 1. The van der Waals surface area contributed by atoms with E-state index in [0.717, 1.165) is 35.9 Å². The SMILES string of the molecule is CSC(CO)COc1cccc(NC=O)n1.Cc1cc(-c2ccc3c(n2)N(C)C2CCN3C2)ccn1. The molecule has 2 aliphatic rings. The van der Waals surface area contributed by atoms with Gasteiger partial charge in [0.1, 0.15) is 12.4 Å². The molecule has 5 rings (SSSR count). The Balaban J connectivity index is 0.000000175. The molecular formula is C26H32N6O3S. The summed E-state index contributed by atoms with van der Waals surface area (Å²) in [5, 5.41) is 11.4. The summed E-state index contributed by atoms with van der Waals surface area (Å²) in [6, 6.07) is 14.2. The first-order valence-electron chi connectivity index (χ1n) is 11.9. The van der Waals surface area contributed by atoms with Crippen LogP contribution in [0.25, 0.3) is 11.3 Å². The number of nitrogens with zero attached hydrogens (tertiary/aromatic N) is 5. The van der Waals surface area contributed by atoms with Crippen molar-refractivity contribution in [2.24, 2.45) is 0 Å². The number of aliphatic hydroxyl groups is 1. The van der Waals surface area contributed by atoms with Crippen molar-refractivity contribution < 1.29 is 14.6 Å². The van der Waals surface area contributed by atoms with Crippen molar-refractivity contribution in [1.82, 2.24) is 15.0 Å². The zero-order chi connectivity index (χ0) is 25.5. The maximum absolute atomic E-state index is 10.2. The van der Waals surface area contributed by atoms with E-state index in [9.17, 15) is 4.79 Å². The largest absolute Gasteiger partial charge is 0.476 e. The Labute approximate surface area is 215 Å². The second-order valence-corrected chi connectivity index (χ2v) is 9.84. The van der Waals surface area contributed by atoms with Gasteiger partial charge in [-0.1, -0.05) is 6.07 Å². The Hall–Kier alpha value is -3.37. The monoisotopic (exact) mass is 508 g/mol. The zero-order valence-electron chi connectivity index (χ0n) is 20.8. The Kier molecular flexibility index (Phi) is 8.61. The molecule has 3 aromatic rings. The lowest BCUT2D eigenvalue weighted by Gasteiger charge is -2.34. The number of aryl methyl sites for hydroxylation is 1. The smallest absolute Gasteiger partial charge is 0.215 e. The first-order valence-corrected chi connectivity index (χ1v) is 13.2. The normalized spacial score (nSPS) is 16.5. The number of fused-ring (bicyclic) bond motifs is 4. The van der Waals surface area contributed by atoms with Crippen molar-refractivity contribution in [2.75, 3.05) is 54.7 Å². The van der Waals surface area contributed by atoms with Crippen molar-refractivity contribution in [3.05, 3.63) is 54.4 Å². The van der Waals surface area contributed by atoms with Crippen LogP contribution in [0.15, 0.2) is 48.7 Å². The predicted molar refractivity (Wildman–Crippen MR) is 145 cm³/mol.